The first-order valence-corrected chi connectivity index (χ1v) is 6.55. The number of carbonyl (C=O) groups is 1. The Kier molecular flexibility index (Phi) is 3.47. The Morgan fingerprint density at radius 1 is 1.50 bits per heavy atom. The van der Waals surface area contributed by atoms with Crippen LogP contribution in [-0.4, -0.2) is 26.8 Å². The van der Waals surface area contributed by atoms with Gasteiger partial charge in [0.05, 0.1) is 12.7 Å². The van der Waals surface area contributed by atoms with Crippen molar-refractivity contribution in [3.05, 3.63) is 23.5 Å². The van der Waals surface area contributed by atoms with Gasteiger partial charge in [0.1, 0.15) is 11.8 Å². The summed E-state index contributed by atoms with van der Waals surface area (Å²) in [6.07, 6.45) is 1.87. The molecule has 0 amide bonds. The third-order valence-electron chi connectivity index (χ3n) is 2.47. The fourth-order valence-electron chi connectivity index (χ4n) is 1.78. The van der Waals surface area contributed by atoms with E-state index < -0.39 is 5.97 Å². The lowest BCUT2D eigenvalue weighted by Gasteiger charge is -2.02. The molecule has 0 unspecified atom stereocenters. The minimum absolute atomic E-state index is 0.215. The van der Waals surface area contributed by atoms with Gasteiger partial charge >= 0.3 is 11.6 Å². The topological polar surface area (TPSA) is 67.0 Å². The Morgan fingerprint density at radius 3 is 2.83 bits per heavy atom. The molecule has 6 heteroatoms. The van der Waals surface area contributed by atoms with Crippen LogP contribution in [0.15, 0.2) is 17.3 Å². The Bertz CT molecular complexity index is 628. The number of nitrogens with zero attached hydrogens (tertiary/aromatic N) is 3. The Labute approximate surface area is 109 Å². The van der Waals surface area contributed by atoms with E-state index in [4.69, 9.17) is 0 Å². The van der Waals surface area contributed by atoms with E-state index in [9.17, 15) is 9.90 Å². The summed E-state index contributed by atoms with van der Waals surface area (Å²) < 4.78 is 1.86. The lowest BCUT2D eigenvalue weighted by Crippen LogP contribution is -2.31. The van der Waals surface area contributed by atoms with E-state index in [0.717, 1.165) is 11.4 Å². The maximum Gasteiger partial charge on any atom is 0.350 e. The summed E-state index contributed by atoms with van der Waals surface area (Å²) in [5, 5.41) is 9.74. The fourth-order valence-corrected chi connectivity index (χ4v) is 2.50. The minimum Gasteiger partial charge on any atom is -0.478 e. The van der Waals surface area contributed by atoms with Gasteiger partial charge in [0.15, 0.2) is 5.52 Å². The highest BCUT2D eigenvalue weighted by Gasteiger charge is 2.21. The SMILES string of the molecule is CCSc1nc2c(cc1C(=O)O)nc(C)c[n+]2C. The van der Waals surface area contributed by atoms with Gasteiger partial charge in [0.25, 0.3) is 0 Å². The summed E-state index contributed by atoms with van der Waals surface area (Å²) in [7, 11) is 1.88. The van der Waals surface area contributed by atoms with Crippen LogP contribution in [-0.2, 0) is 7.05 Å². The molecule has 2 heterocycles. The second-order valence-corrected chi connectivity index (χ2v) is 5.17. The zero-order valence-electron chi connectivity index (χ0n) is 10.5. The van der Waals surface area contributed by atoms with Crippen molar-refractivity contribution in [3.63, 3.8) is 0 Å². The Hall–Kier alpha value is -1.69. The number of aromatic carboxylic acids is 1. The van der Waals surface area contributed by atoms with Crippen LogP contribution >= 0.6 is 11.8 Å². The normalized spacial score (nSPS) is 10.8. The highest BCUT2D eigenvalue weighted by molar-refractivity contribution is 7.99. The zero-order chi connectivity index (χ0) is 13.3. The van der Waals surface area contributed by atoms with E-state index in [1.807, 2.05) is 31.7 Å². The molecule has 0 bridgehead atoms. The van der Waals surface area contributed by atoms with E-state index >= 15 is 0 Å². The predicted molar refractivity (Wildman–Crippen MR) is 68.8 cm³/mol. The molecule has 5 nitrogen and oxygen atoms in total. The average molecular weight is 264 g/mol. The number of carboxylic acid groups (broad SMARTS) is 1. The number of rotatable bonds is 3. The molecule has 0 saturated carbocycles. The summed E-state index contributed by atoms with van der Waals surface area (Å²) in [4.78, 5) is 20.0. The van der Waals surface area contributed by atoms with E-state index in [1.165, 1.54) is 11.8 Å². The molecule has 0 spiro atoms. The molecular weight excluding hydrogens is 250 g/mol. The van der Waals surface area contributed by atoms with Crippen LogP contribution in [0.25, 0.3) is 11.2 Å². The molecule has 2 aromatic rings. The maximum absolute atomic E-state index is 11.2. The van der Waals surface area contributed by atoms with Gasteiger partial charge in [-0.25, -0.2) is 14.3 Å². The van der Waals surface area contributed by atoms with Crippen molar-refractivity contribution in [2.75, 3.05) is 5.75 Å². The van der Waals surface area contributed by atoms with Crippen LogP contribution in [0.3, 0.4) is 0 Å². The Morgan fingerprint density at radius 2 is 2.22 bits per heavy atom. The van der Waals surface area contributed by atoms with Crippen LogP contribution in [0, 0.1) is 6.92 Å². The summed E-state index contributed by atoms with van der Waals surface area (Å²) in [5.41, 5.74) is 2.35. The third kappa shape index (κ3) is 2.28. The van der Waals surface area contributed by atoms with Crippen molar-refractivity contribution < 1.29 is 14.5 Å². The van der Waals surface area contributed by atoms with E-state index in [-0.39, 0.29) is 5.56 Å². The van der Waals surface area contributed by atoms with Crippen molar-refractivity contribution in [1.29, 1.82) is 0 Å². The first-order valence-electron chi connectivity index (χ1n) is 5.57. The van der Waals surface area contributed by atoms with Crippen molar-refractivity contribution in [1.82, 2.24) is 9.97 Å². The lowest BCUT2D eigenvalue weighted by atomic mass is 10.2. The zero-order valence-corrected chi connectivity index (χ0v) is 11.3. The molecule has 2 rings (SSSR count). The second kappa shape index (κ2) is 4.89. The molecule has 0 radical (unpaired) electrons. The molecule has 0 fully saturated rings. The monoisotopic (exact) mass is 264 g/mol. The molecule has 0 aromatic carbocycles. The van der Waals surface area contributed by atoms with Crippen LogP contribution < -0.4 is 4.57 Å². The molecule has 0 atom stereocenters. The number of carboxylic acids is 1. The first-order chi connectivity index (χ1) is 8.52. The number of aromatic nitrogens is 3. The predicted octanol–water partition coefficient (Wildman–Crippen LogP) is 1.57. The van der Waals surface area contributed by atoms with Gasteiger partial charge in [-0.1, -0.05) is 18.7 Å². The van der Waals surface area contributed by atoms with Crippen LogP contribution in [0.2, 0.25) is 0 Å². The van der Waals surface area contributed by atoms with E-state index in [1.54, 1.807) is 6.07 Å². The number of pyridine rings is 1. The highest BCUT2D eigenvalue weighted by atomic mass is 32.2. The average Bonchev–Trinajstić information content (AvgIpc) is 2.29. The van der Waals surface area contributed by atoms with Gasteiger partial charge < -0.3 is 5.11 Å². The fraction of sp³-hybridized carbons (Fsp3) is 0.333. The molecule has 0 aliphatic carbocycles. The van der Waals surface area contributed by atoms with E-state index in [0.29, 0.717) is 16.2 Å². The summed E-state index contributed by atoms with van der Waals surface area (Å²) >= 11 is 1.42. The van der Waals surface area contributed by atoms with Crippen molar-refractivity contribution >= 4 is 28.9 Å². The summed E-state index contributed by atoms with van der Waals surface area (Å²) in [6.45, 7) is 3.84. The van der Waals surface area contributed by atoms with Gasteiger partial charge in [0.2, 0.25) is 5.03 Å². The quantitative estimate of drug-likeness (QED) is 0.673. The summed E-state index contributed by atoms with van der Waals surface area (Å²) in [6, 6.07) is 1.59. The molecule has 2 aromatic heterocycles. The number of thioether (sulfide) groups is 1. The maximum atomic E-state index is 11.2. The number of fused-ring (bicyclic) bond motifs is 1. The molecule has 1 N–H and O–H groups in total. The second-order valence-electron chi connectivity index (χ2n) is 3.92. The van der Waals surface area contributed by atoms with Crippen LogP contribution in [0.5, 0.6) is 0 Å². The number of aryl methyl sites for hydroxylation is 2. The van der Waals surface area contributed by atoms with Gasteiger partial charge in [-0.15, -0.1) is 0 Å². The van der Waals surface area contributed by atoms with E-state index in [2.05, 4.69) is 9.97 Å². The van der Waals surface area contributed by atoms with Gasteiger partial charge in [-0.05, 0) is 23.7 Å². The molecule has 0 aliphatic rings. The largest absolute Gasteiger partial charge is 0.478 e. The molecule has 0 aliphatic heterocycles. The molecule has 18 heavy (non-hydrogen) atoms. The minimum atomic E-state index is -0.966. The Balaban J connectivity index is 2.76. The van der Waals surface area contributed by atoms with Crippen molar-refractivity contribution in [3.8, 4) is 0 Å². The number of hydrogen-bond acceptors (Lipinski definition) is 4. The molecule has 94 valence electrons. The first kappa shape index (κ1) is 12.8. The van der Waals surface area contributed by atoms with Gasteiger partial charge in [-0.3, -0.25) is 0 Å². The molecule has 0 saturated heterocycles. The van der Waals surface area contributed by atoms with Gasteiger partial charge in [0, 0.05) is 0 Å². The lowest BCUT2D eigenvalue weighted by molar-refractivity contribution is -0.647. The smallest absolute Gasteiger partial charge is 0.350 e. The van der Waals surface area contributed by atoms with Crippen LogP contribution in [0.4, 0.5) is 0 Å². The van der Waals surface area contributed by atoms with Crippen molar-refractivity contribution in [2.45, 2.75) is 18.9 Å². The third-order valence-corrected chi connectivity index (χ3v) is 3.34. The van der Waals surface area contributed by atoms with Crippen molar-refractivity contribution in [2.24, 2.45) is 7.05 Å². The van der Waals surface area contributed by atoms with Gasteiger partial charge in [-0.2, -0.15) is 0 Å². The standard InChI is InChI=1S/C12H13N3O2S/c1-4-18-11-8(12(16)17)5-9-10(14-11)15(3)6-7(2)13-9/h5-6H,4H2,1-3H3/p+1. The highest BCUT2D eigenvalue weighted by Crippen LogP contribution is 2.22. The molecular formula is C12H14N3O2S+. The number of hydrogen-bond donors (Lipinski definition) is 1. The van der Waals surface area contributed by atoms with Crippen LogP contribution in [0.1, 0.15) is 23.0 Å². The summed E-state index contributed by atoms with van der Waals surface area (Å²) in [5.74, 6) is -0.187.